The molecule has 5 nitrogen and oxygen atoms in total. The van der Waals surface area contributed by atoms with Crippen LogP contribution >= 0.6 is 15.9 Å². The number of benzene rings is 1. The molecular formula is C23H26BrN3O2. The Balaban J connectivity index is 1.83. The Morgan fingerprint density at radius 2 is 1.97 bits per heavy atom. The molecule has 1 fully saturated rings. The van der Waals surface area contributed by atoms with E-state index in [0.29, 0.717) is 16.5 Å². The van der Waals surface area contributed by atoms with Gasteiger partial charge in [-0.1, -0.05) is 6.07 Å². The number of halogens is 1. The van der Waals surface area contributed by atoms with Crippen LogP contribution in [0.15, 0.2) is 44.3 Å². The number of aromatic nitrogens is 1. The zero-order chi connectivity index (χ0) is 20.5. The van der Waals surface area contributed by atoms with Crippen LogP contribution in [0, 0.1) is 13.8 Å². The van der Waals surface area contributed by atoms with E-state index in [9.17, 15) is 4.79 Å². The molecule has 6 heteroatoms. The van der Waals surface area contributed by atoms with E-state index in [4.69, 9.17) is 4.42 Å². The summed E-state index contributed by atoms with van der Waals surface area (Å²) in [6.07, 6.45) is 5.25. The number of anilines is 2. The van der Waals surface area contributed by atoms with Crippen LogP contribution in [0.25, 0.3) is 11.0 Å². The average Bonchev–Trinajstić information content (AvgIpc) is 2.72. The normalized spacial score (nSPS) is 15.5. The molecule has 3 aromatic rings. The standard InChI is InChI=1S/C23H26BrN3O2/c1-14-12-17(16(3)26-19-8-7-9-25-22(19)24)21-18(13-14)20(28)15(2)23(29-21)27-10-5-4-6-11-27/h7-9,12-13,16,26H,4-6,10-11H2,1-3H3. The lowest BCUT2D eigenvalue weighted by Gasteiger charge is -2.29. The van der Waals surface area contributed by atoms with Crippen LogP contribution in [0.2, 0.25) is 0 Å². The maximum absolute atomic E-state index is 13.2. The van der Waals surface area contributed by atoms with Crippen molar-refractivity contribution in [2.45, 2.75) is 46.1 Å². The zero-order valence-electron chi connectivity index (χ0n) is 17.1. The Labute approximate surface area is 179 Å². The summed E-state index contributed by atoms with van der Waals surface area (Å²) in [6.45, 7) is 7.85. The van der Waals surface area contributed by atoms with Crippen molar-refractivity contribution in [1.29, 1.82) is 0 Å². The van der Waals surface area contributed by atoms with Gasteiger partial charge in [-0.15, -0.1) is 0 Å². The van der Waals surface area contributed by atoms with Crippen LogP contribution in [0.4, 0.5) is 11.6 Å². The summed E-state index contributed by atoms with van der Waals surface area (Å²) in [5, 5.41) is 4.14. The first kappa shape index (κ1) is 20.0. The first-order valence-corrected chi connectivity index (χ1v) is 10.9. The highest BCUT2D eigenvalue weighted by Crippen LogP contribution is 2.33. The Hall–Kier alpha value is -2.34. The fraction of sp³-hybridized carbons (Fsp3) is 0.391. The molecule has 2 aromatic heterocycles. The van der Waals surface area contributed by atoms with Crippen LogP contribution in [-0.2, 0) is 0 Å². The van der Waals surface area contributed by atoms with Crippen molar-refractivity contribution in [2.75, 3.05) is 23.3 Å². The highest BCUT2D eigenvalue weighted by molar-refractivity contribution is 9.10. The maximum Gasteiger partial charge on any atom is 0.202 e. The van der Waals surface area contributed by atoms with Crippen LogP contribution in [0.1, 0.15) is 48.9 Å². The molecule has 0 aliphatic carbocycles. The molecule has 1 atom stereocenters. The lowest BCUT2D eigenvalue weighted by molar-refractivity contribution is 0.507. The maximum atomic E-state index is 13.2. The molecular weight excluding hydrogens is 430 g/mol. The number of piperidine rings is 1. The number of rotatable bonds is 4. The smallest absolute Gasteiger partial charge is 0.202 e. The Kier molecular flexibility index (Phi) is 5.63. The van der Waals surface area contributed by atoms with Crippen molar-refractivity contribution in [3.63, 3.8) is 0 Å². The first-order chi connectivity index (χ1) is 14.0. The van der Waals surface area contributed by atoms with Gasteiger partial charge in [0.15, 0.2) is 5.43 Å². The third-order valence-corrected chi connectivity index (χ3v) is 6.24. The van der Waals surface area contributed by atoms with Gasteiger partial charge in [-0.2, -0.15) is 0 Å². The largest absolute Gasteiger partial charge is 0.440 e. The molecule has 3 heterocycles. The highest BCUT2D eigenvalue weighted by atomic mass is 79.9. The SMILES string of the molecule is Cc1cc(C(C)Nc2cccnc2Br)c2oc(N3CCCCC3)c(C)c(=O)c2c1. The number of pyridine rings is 1. The molecule has 1 aliphatic heterocycles. The van der Waals surface area contributed by atoms with Gasteiger partial charge in [0.1, 0.15) is 10.2 Å². The average molecular weight is 456 g/mol. The van der Waals surface area contributed by atoms with Crippen molar-refractivity contribution < 1.29 is 4.42 Å². The predicted octanol–water partition coefficient (Wildman–Crippen LogP) is 5.73. The molecule has 1 aliphatic rings. The van der Waals surface area contributed by atoms with E-state index in [2.05, 4.69) is 44.1 Å². The third-order valence-electron chi connectivity index (χ3n) is 5.61. The molecule has 152 valence electrons. The van der Waals surface area contributed by atoms with Gasteiger partial charge in [0.25, 0.3) is 0 Å². The molecule has 29 heavy (non-hydrogen) atoms. The molecule has 4 rings (SSSR count). The third kappa shape index (κ3) is 3.90. The number of hydrogen-bond donors (Lipinski definition) is 1. The molecule has 1 aromatic carbocycles. The van der Waals surface area contributed by atoms with Gasteiger partial charge in [-0.05, 0) is 79.7 Å². The summed E-state index contributed by atoms with van der Waals surface area (Å²) in [4.78, 5) is 19.7. The van der Waals surface area contributed by atoms with Gasteiger partial charge >= 0.3 is 0 Å². The van der Waals surface area contributed by atoms with Gasteiger partial charge in [-0.3, -0.25) is 4.79 Å². The molecule has 0 radical (unpaired) electrons. The van der Waals surface area contributed by atoms with Crippen molar-refractivity contribution >= 4 is 38.5 Å². The molecule has 1 unspecified atom stereocenters. The van der Waals surface area contributed by atoms with Gasteiger partial charge < -0.3 is 14.6 Å². The minimum absolute atomic E-state index is 0.0574. The van der Waals surface area contributed by atoms with Crippen molar-refractivity contribution in [2.24, 2.45) is 0 Å². The summed E-state index contributed by atoms with van der Waals surface area (Å²) >= 11 is 3.49. The van der Waals surface area contributed by atoms with Crippen LogP contribution < -0.4 is 15.6 Å². The van der Waals surface area contributed by atoms with E-state index in [1.54, 1.807) is 6.20 Å². The summed E-state index contributed by atoms with van der Waals surface area (Å²) in [7, 11) is 0. The molecule has 0 spiro atoms. The highest BCUT2D eigenvalue weighted by Gasteiger charge is 2.22. The van der Waals surface area contributed by atoms with Gasteiger partial charge in [0.05, 0.1) is 22.7 Å². The van der Waals surface area contributed by atoms with Gasteiger partial charge in [0, 0.05) is 24.8 Å². The Morgan fingerprint density at radius 1 is 1.21 bits per heavy atom. The van der Waals surface area contributed by atoms with Crippen LogP contribution in [0.5, 0.6) is 0 Å². The predicted molar refractivity (Wildman–Crippen MR) is 122 cm³/mol. The van der Waals surface area contributed by atoms with E-state index in [1.165, 1.54) is 6.42 Å². The molecule has 0 saturated carbocycles. The summed E-state index contributed by atoms with van der Waals surface area (Å²) in [6, 6.07) is 7.85. The van der Waals surface area contributed by atoms with E-state index in [0.717, 1.165) is 53.2 Å². The number of fused-ring (bicyclic) bond motifs is 1. The monoisotopic (exact) mass is 455 g/mol. The number of aryl methyl sites for hydroxylation is 1. The Bertz CT molecular complexity index is 1100. The van der Waals surface area contributed by atoms with Crippen molar-refractivity contribution in [3.05, 3.63) is 62.0 Å². The molecule has 1 N–H and O–H groups in total. The topological polar surface area (TPSA) is 58.4 Å². The second kappa shape index (κ2) is 8.19. The fourth-order valence-electron chi connectivity index (χ4n) is 4.08. The second-order valence-electron chi connectivity index (χ2n) is 7.85. The fourth-order valence-corrected chi connectivity index (χ4v) is 4.45. The van der Waals surface area contributed by atoms with Crippen molar-refractivity contribution in [3.8, 4) is 0 Å². The second-order valence-corrected chi connectivity index (χ2v) is 8.60. The molecule has 0 bridgehead atoms. The van der Waals surface area contributed by atoms with E-state index >= 15 is 0 Å². The summed E-state index contributed by atoms with van der Waals surface area (Å²) in [5.41, 5.74) is 4.36. The minimum Gasteiger partial charge on any atom is -0.440 e. The van der Waals surface area contributed by atoms with E-state index < -0.39 is 0 Å². The molecule has 0 amide bonds. The van der Waals surface area contributed by atoms with Crippen LogP contribution in [0.3, 0.4) is 0 Å². The Morgan fingerprint density at radius 3 is 2.69 bits per heavy atom. The lowest BCUT2D eigenvalue weighted by atomic mass is 10.00. The minimum atomic E-state index is -0.0574. The van der Waals surface area contributed by atoms with Crippen molar-refractivity contribution in [1.82, 2.24) is 4.98 Å². The lowest BCUT2D eigenvalue weighted by Crippen LogP contribution is -2.31. The van der Waals surface area contributed by atoms with Crippen LogP contribution in [-0.4, -0.2) is 18.1 Å². The number of hydrogen-bond acceptors (Lipinski definition) is 5. The van der Waals surface area contributed by atoms with E-state index in [-0.39, 0.29) is 11.5 Å². The number of nitrogens with one attached hydrogen (secondary N) is 1. The first-order valence-electron chi connectivity index (χ1n) is 10.2. The molecule has 1 saturated heterocycles. The van der Waals surface area contributed by atoms with Gasteiger partial charge in [0.2, 0.25) is 5.88 Å². The summed E-state index contributed by atoms with van der Waals surface area (Å²) < 4.78 is 7.21. The summed E-state index contributed by atoms with van der Waals surface area (Å²) in [5.74, 6) is 0.724. The number of nitrogens with zero attached hydrogens (tertiary/aromatic N) is 2. The van der Waals surface area contributed by atoms with E-state index in [1.807, 2.05) is 32.0 Å². The van der Waals surface area contributed by atoms with Gasteiger partial charge in [-0.25, -0.2) is 4.98 Å². The quantitative estimate of drug-likeness (QED) is 0.508. The zero-order valence-corrected chi connectivity index (χ0v) is 18.7.